The maximum Gasteiger partial charge on any atom is 0.214 e. The van der Waals surface area contributed by atoms with E-state index >= 15 is 0 Å². The van der Waals surface area contributed by atoms with E-state index in [1.165, 1.54) is 0 Å². The lowest BCUT2D eigenvalue weighted by atomic mass is 10.3. The van der Waals surface area contributed by atoms with Gasteiger partial charge in [-0.05, 0) is 17.3 Å². The second-order valence-corrected chi connectivity index (χ2v) is 2.38. The molecule has 0 fully saturated rings. The molecule has 12 heavy (non-hydrogen) atoms. The Kier molecular flexibility index (Phi) is 0.840. The molecule has 1 aromatic carbocycles. The van der Waals surface area contributed by atoms with Crippen molar-refractivity contribution in [3.8, 4) is 0 Å². The first-order valence-corrected chi connectivity index (χ1v) is 3.36. The molecule has 3 aromatic rings. The van der Waals surface area contributed by atoms with Crippen LogP contribution >= 0.6 is 0 Å². The minimum absolute atomic E-state index is 0.595. The smallest absolute Gasteiger partial charge is 0.214 e. The van der Waals surface area contributed by atoms with Crippen LogP contribution in [0.15, 0.2) is 16.7 Å². The van der Waals surface area contributed by atoms with Gasteiger partial charge in [-0.3, -0.25) is 0 Å². The van der Waals surface area contributed by atoms with Crippen molar-refractivity contribution < 1.29 is 4.52 Å². The molecule has 0 spiro atoms. The molecule has 0 radical (unpaired) electrons. The zero-order chi connectivity index (χ0) is 7.97. The van der Waals surface area contributed by atoms with E-state index in [-0.39, 0.29) is 0 Å². The van der Waals surface area contributed by atoms with Crippen LogP contribution < -0.4 is 0 Å². The number of nitrogens with zero attached hydrogens (tertiary/aromatic N) is 4. The highest BCUT2D eigenvalue weighted by molar-refractivity contribution is 5.97. The van der Waals surface area contributed by atoms with E-state index in [1.54, 1.807) is 12.1 Å². The largest absolute Gasteiger partial charge is 0.360 e. The molecule has 2 heterocycles. The Morgan fingerprint density at radius 3 is 3.08 bits per heavy atom. The predicted molar refractivity (Wildman–Crippen MR) is 39.3 cm³/mol. The Balaban J connectivity index is 2.71. The topological polar surface area (TPSA) is 80.5 Å². The molecule has 6 heteroatoms. The average Bonchev–Trinajstić information content (AvgIpc) is 2.71. The van der Waals surface area contributed by atoms with E-state index in [9.17, 15) is 0 Å². The van der Waals surface area contributed by atoms with Crippen molar-refractivity contribution in [1.29, 1.82) is 0 Å². The first-order chi connectivity index (χ1) is 5.95. The molecule has 0 atom stereocenters. The van der Waals surface area contributed by atoms with Gasteiger partial charge >= 0.3 is 0 Å². The second-order valence-electron chi connectivity index (χ2n) is 2.38. The standard InChI is InChI=1S/C6H3N5O/c1-2-4-6(12-11-8-4)5-3(1)7-10-9-5/h1-2,11H. The number of hydrogen-bond donors (Lipinski definition) is 1. The number of H-pyrrole nitrogens is 1. The molecule has 2 aromatic heterocycles. The Morgan fingerprint density at radius 1 is 1.17 bits per heavy atom. The predicted octanol–water partition coefficient (Wildman–Crippen LogP) is 0.494. The lowest BCUT2D eigenvalue weighted by Crippen LogP contribution is -1.71. The van der Waals surface area contributed by atoms with Crippen LogP contribution in [0.1, 0.15) is 0 Å². The SMILES string of the molecule is c1cc2n[nH]oc2c2nnnc12. The quantitative estimate of drug-likeness (QED) is 0.519. The summed E-state index contributed by atoms with van der Waals surface area (Å²) in [5.41, 5.74) is 2.68. The van der Waals surface area contributed by atoms with Crippen LogP contribution in [0.4, 0.5) is 0 Å². The third-order valence-electron chi connectivity index (χ3n) is 1.70. The Morgan fingerprint density at radius 2 is 2.08 bits per heavy atom. The molecular formula is C6H3N5O. The van der Waals surface area contributed by atoms with Gasteiger partial charge in [0.05, 0.1) is 0 Å². The molecular weight excluding hydrogens is 158 g/mol. The van der Waals surface area contributed by atoms with E-state index < -0.39 is 0 Å². The Bertz CT molecular complexity index is 489. The summed E-state index contributed by atoms with van der Waals surface area (Å²) in [6.07, 6.45) is 0. The summed E-state index contributed by atoms with van der Waals surface area (Å²) >= 11 is 0. The summed E-state index contributed by atoms with van der Waals surface area (Å²) in [5.74, 6) is 0. The maximum atomic E-state index is 5.01. The van der Waals surface area contributed by atoms with Crippen molar-refractivity contribution in [3.05, 3.63) is 12.1 Å². The summed E-state index contributed by atoms with van der Waals surface area (Å²) in [5, 5.41) is 17.4. The summed E-state index contributed by atoms with van der Waals surface area (Å²) in [6.45, 7) is 0. The second kappa shape index (κ2) is 1.79. The molecule has 1 N–H and O–H groups in total. The van der Waals surface area contributed by atoms with Crippen molar-refractivity contribution in [3.63, 3.8) is 0 Å². The van der Waals surface area contributed by atoms with Gasteiger partial charge in [0.1, 0.15) is 11.0 Å². The van der Waals surface area contributed by atoms with E-state index in [0.29, 0.717) is 16.6 Å². The van der Waals surface area contributed by atoms with E-state index in [0.717, 1.165) is 5.52 Å². The summed E-state index contributed by atoms with van der Waals surface area (Å²) in [6, 6.07) is 3.60. The number of aromatic amines is 1. The highest BCUT2D eigenvalue weighted by Crippen LogP contribution is 2.18. The van der Waals surface area contributed by atoms with Gasteiger partial charge in [-0.2, -0.15) is 0 Å². The number of benzene rings is 1. The monoisotopic (exact) mass is 161 g/mol. The van der Waals surface area contributed by atoms with Gasteiger partial charge in [0.25, 0.3) is 0 Å². The lowest BCUT2D eigenvalue weighted by molar-refractivity contribution is 0.425. The molecule has 6 nitrogen and oxygen atoms in total. The van der Waals surface area contributed by atoms with Crippen LogP contribution in [0.2, 0.25) is 0 Å². The zero-order valence-corrected chi connectivity index (χ0v) is 5.85. The first-order valence-electron chi connectivity index (χ1n) is 3.36. The third kappa shape index (κ3) is 0.541. The molecule has 0 saturated heterocycles. The van der Waals surface area contributed by atoms with Crippen molar-refractivity contribution >= 4 is 22.1 Å². The van der Waals surface area contributed by atoms with Gasteiger partial charge < -0.3 is 4.52 Å². The van der Waals surface area contributed by atoms with Gasteiger partial charge in [-0.15, -0.1) is 20.6 Å². The van der Waals surface area contributed by atoms with Crippen LogP contribution in [0, 0.1) is 0 Å². The minimum atomic E-state index is 0.595. The fourth-order valence-electron chi connectivity index (χ4n) is 1.15. The highest BCUT2D eigenvalue weighted by atomic mass is 16.5. The first kappa shape index (κ1) is 5.64. The number of nitrogens with one attached hydrogen (secondary N) is 1. The fraction of sp³-hybridized carbons (Fsp3) is 0. The molecule has 0 amide bonds. The lowest BCUT2D eigenvalue weighted by Gasteiger charge is -1.82. The van der Waals surface area contributed by atoms with E-state index in [2.05, 4.69) is 25.8 Å². The summed E-state index contributed by atoms with van der Waals surface area (Å²) < 4.78 is 5.01. The molecule has 0 aliphatic carbocycles. The van der Waals surface area contributed by atoms with Crippen LogP contribution in [-0.2, 0) is 0 Å². The number of aromatic nitrogens is 5. The third-order valence-corrected chi connectivity index (χ3v) is 1.70. The molecule has 0 bridgehead atoms. The van der Waals surface area contributed by atoms with Gasteiger partial charge in [0.2, 0.25) is 5.58 Å². The van der Waals surface area contributed by atoms with Gasteiger partial charge in [-0.25, -0.2) is 0 Å². The van der Waals surface area contributed by atoms with Crippen LogP contribution in [0.5, 0.6) is 0 Å². The normalized spacial score (nSPS) is 11.3. The minimum Gasteiger partial charge on any atom is -0.360 e. The van der Waals surface area contributed by atoms with Crippen molar-refractivity contribution in [2.24, 2.45) is 0 Å². The fourth-order valence-corrected chi connectivity index (χ4v) is 1.15. The van der Waals surface area contributed by atoms with E-state index in [1.807, 2.05) is 0 Å². The van der Waals surface area contributed by atoms with Crippen molar-refractivity contribution in [2.75, 3.05) is 0 Å². The van der Waals surface area contributed by atoms with Crippen molar-refractivity contribution in [2.45, 2.75) is 0 Å². The van der Waals surface area contributed by atoms with Gasteiger partial charge in [-0.1, -0.05) is 0 Å². The molecule has 0 aliphatic heterocycles. The molecule has 3 rings (SSSR count). The average molecular weight is 161 g/mol. The Hall–Kier alpha value is -1.98. The van der Waals surface area contributed by atoms with Gasteiger partial charge in [0, 0.05) is 0 Å². The molecule has 0 saturated carbocycles. The molecule has 0 unspecified atom stereocenters. The van der Waals surface area contributed by atoms with Crippen LogP contribution in [0.25, 0.3) is 22.1 Å². The van der Waals surface area contributed by atoms with Crippen LogP contribution in [0.3, 0.4) is 0 Å². The molecule has 0 aliphatic rings. The Labute approximate surface area is 65.5 Å². The number of hydrogen-bond acceptors (Lipinski definition) is 5. The zero-order valence-electron chi connectivity index (χ0n) is 5.85. The highest BCUT2D eigenvalue weighted by Gasteiger charge is 2.07. The van der Waals surface area contributed by atoms with Gasteiger partial charge in [0.15, 0.2) is 5.52 Å². The summed E-state index contributed by atoms with van der Waals surface area (Å²) in [4.78, 5) is 0. The maximum absolute atomic E-state index is 5.01. The summed E-state index contributed by atoms with van der Waals surface area (Å²) in [7, 11) is 0. The molecule has 58 valence electrons. The van der Waals surface area contributed by atoms with Crippen molar-refractivity contribution in [1.82, 2.24) is 25.8 Å². The number of fused-ring (bicyclic) bond motifs is 3. The van der Waals surface area contributed by atoms with Crippen LogP contribution in [-0.4, -0.2) is 25.8 Å². The van der Waals surface area contributed by atoms with E-state index in [4.69, 9.17) is 4.52 Å². The number of rotatable bonds is 0.